The predicted octanol–water partition coefficient (Wildman–Crippen LogP) is 2.53. The fourth-order valence-electron chi connectivity index (χ4n) is 2.61. The molecule has 7 heteroatoms. The number of nitrogens with zero attached hydrogens (tertiary/aromatic N) is 1. The molecule has 0 saturated heterocycles. The first kappa shape index (κ1) is 20.1. The zero-order chi connectivity index (χ0) is 19.8. The van der Waals surface area contributed by atoms with E-state index >= 15 is 0 Å². The minimum atomic E-state index is -0.508. The normalized spacial score (nSPS) is 10.1. The summed E-state index contributed by atoms with van der Waals surface area (Å²) in [5.74, 6) is 0.241. The molecule has 7 nitrogen and oxygen atoms in total. The number of rotatable bonds is 8. The van der Waals surface area contributed by atoms with Crippen LogP contribution < -0.4 is 14.2 Å². The maximum Gasteiger partial charge on any atom is 0.325 e. The summed E-state index contributed by atoms with van der Waals surface area (Å²) in [6.45, 7) is 0.0757. The van der Waals surface area contributed by atoms with Crippen LogP contribution in [-0.4, -0.2) is 51.8 Å². The second-order valence-corrected chi connectivity index (χ2v) is 5.64. The van der Waals surface area contributed by atoms with Gasteiger partial charge in [0, 0.05) is 12.1 Å². The third-order valence-electron chi connectivity index (χ3n) is 3.96. The van der Waals surface area contributed by atoms with Gasteiger partial charge < -0.3 is 23.8 Å². The van der Waals surface area contributed by atoms with Gasteiger partial charge in [0.15, 0.2) is 11.5 Å². The van der Waals surface area contributed by atoms with Gasteiger partial charge in [0.05, 0.1) is 28.4 Å². The largest absolute Gasteiger partial charge is 0.493 e. The molecule has 2 aromatic carbocycles. The SMILES string of the molecule is COC(=O)CN(Cc1ccccc1)C(=O)c1cc(OC)c(OC)c(OC)c1. The molecule has 144 valence electrons. The van der Waals surface area contributed by atoms with Crippen LogP contribution in [-0.2, 0) is 16.1 Å². The predicted molar refractivity (Wildman–Crippen MR) is 99.3 cm³/mol. The Kier molecular flexibility index (Phi) is 7.05. The molecule has 2 aromatic rings. The van der Waals surface area contributed by atoms with Crippen LogP contribution in [0.15, 0.2) is 42.5 Å². The van der Waals surface area contributed by atoms with Gasteiger partial charge in [-0.05, 0) is 17.7 Å². The Labute approximate surface area is 158 Å². The molecule has 0 atom stereocenters. The van der Waals surface area contributed by atoms with Gasteiger partial charge in [-0.1, -0.05) is 30.3 Å². The highest BCUT2D eigenvalue weighted by atomic mass is 16.5. The van der Waals surface area contributed by atoms with Crippen molar-refractivity contribution in [2.75, 3.05) is 35.0 Å². The van der Waals surface area contributed by atoms with E-state index in [0.717, 1.165) is 5.56 Å². The average Bonchev–Trinajstić information content (AvgIpc) is 2.72. The van der Waals surface area contributed by atoms with Crippen molar-refractivity contribution in [1.82, 2.24) is 4.90 Å². The summed E-state index contributed by atoms with van der Waals surface area (Å²) in [5, 5.41) is 0. The Hall–Kier alpha value is -3.22. The average molecular weight is 373 g/mol. The summed E-state index contributed by atoms with van der Waals surface area (Å²) in [4.78, 5) is 26.3. The van der Waals surface area contributed by atoms with E-state index < -0.39 is 5.97 Å². The lowest BCUT2D eigenvalue weighted by Crippen LogP contribution is -2.35. The highest BCUT2D eigenvalue weighted by molar-refractivity contribution is 5.97. The number of hydrogen-bond acceptors (Lipinski definition) is 6. The van der Waals surface area contributed by atoms with E-state index in [-0.39, 0.29) is 19.0 Å². The molecule has 0 fully saturated rings. The lowest BCUT2D eigenvalue weighted by Gasteiger charge is -2.23. The van der Waals surface area contributed by atoms with Gasteiger partial charge in [-0.25, -0.2) is 0 Å². The molecule has 0 aliphatic carbocycles. The van der Waals surface area contributed by atoms with E-state index in [9.17, 15) is 9.59 Å². The van der Waals surface area contributed by atoms with Gasteiger partial charge in [-0.15, -0.1) is 0 Å². The highest BCUT2D eigenvalue weighted by Crippen LogP contribution is 2.38. The Bertz CT molecular complexity index is 765. The van der Waals surface area contributed by atoms with Crippen molar-refractivity contribution in [1.29, 1.82) is 0 Å². The van der Waals surface area contributed by atoms with Crippen molar-refractivity contribution in [3.8, 4) is 17.2 Å². The van der Waals surface area contributed by atoms with Crippen LogP contribution in [0.25, 0.3) is 0 Å². The summed E-state index contributed by atoms with van der Waals surface area (Å²) in [6, 6.07) is 12.5. The zero-order valence-electron chi connectivity index (χ0n) is 15.9. The molecule has 0 aromatic heterocycles. The van der Waals surface area contributed by atoms with Gasteiger partial charge in [-0.2, -0.15) is 0 Å². The van der Waals surface area contributed by atoms with Crippen molar-refractivity contribution < 1.29 is 28.5 Å². The number of carbonyl (C=O) groups is 2. The van der Waals surface area contributed by atoms with E-state index in [4.69, 9.17) is 18.9 Å². The van der Waals surface area contributed by atoms with Crippen LogP contribution in [0.1, 0.15) is 15.9 Å². The highest BCUT2D eigenvalue weighted by Gasteiger charge is 2.23. The van der Waals surface area contributed by atoms with Crippen LogP contribution >= 0.6 is 0 Å². The summed E-state index contributed by atoms with van der Waals surface area (Å²) < 4.78 is 20.6. The van der Waals surface area contributed by atoms with Crippen molar-refractivity contribution in [3.05, 3.63) is 53.6 Å². The maximum atomic E-state index is 13.1. The van der Waals surface area contributed by atoms with E-state index in [2.05, 4.69) is 0 Å². The van der Waals surface area contributed by atoms with Crippen molar-refractivity contribution in [2.24, 2.45) is 0 Å². The summed E-state index contributed by atoms with van der Waals surface area (Å²) in [6.07, 6.45) is 0. The van der Waals surface area contributed by atoms with E-state index in [0.29, 0.717) is 22.8 Å². The first-order valence-corrected chi connectivity index (χ1v) is 8.24. The Morgan fingerprint density at radius 3 is 1.96 bits per heavy atom. The monoisotopic (exact) mass is 373 g/mol. The van der Waals surface area contributed by atoms with Crippen LogP contribution in [0.2, 0.25) is 0 Å². The number of benzene rings is 2. The quantitative estimate of drug-likeness (QED) is 0.662. The molecular weight excluding hydrogens is 350 g/mol. The van der Waals surface area contributed by atoms with Crippen LogP contribution in [0.3, 0.4) is 0 Å². The minimum Gasteiger partial charge on any atom is -0.493 e. The number of amides is 1. The molecule has 2 rings (SSSR count). The molecule has 0 unspecified atom stereocenters. The summed E-state index contributed by atoms with van der Waals surface area (Å²) in [5.41, 5.74) is 1.20. The second kappa shape index (κ2) is 9.47. The molecule has 0 radical (unpaired) electrons. The van der Waals surface area contributed by atoms with E-state index in [1.165, 1.54) is 33.3 Å². The van der Waals surface area contributed by atoms with Gasteiger partial charge in [0.1, 0.15) is 6.54 Å². The van der Waals surface area contributed by atoms with Crippen LogP contribution in [0.5, 0.6) is 17.2 Å². The lowest BCUT2D eigenvalue weighted by molar-refractivity contribution is -0.141. The molecule has 0 aliphatic rings. The van der Waals surface area contributed by atoms with Crippen molar-refractivity contribution in [3.63, 3.8) is 0 Å². The van der Waals surface area contributed by atoms with Crippen LogP contribution in [0.4, 0.5) is 0 Å². The van der Waals surface area contributed by atoms with Crippen molar-refractivity contribution in [2.45, 2.75) is 6.54 Å². The van der Waals surface area contributed by atoms with Crippen LogP contribution in [0, 0.1) is 0 Å². The topological polar surface area (TPSA) is 74.3 Å². The number of methoxy groups -OCH3 is 4. The third-order valence-corrected chi connectivity index (χ3v) is 3.96. The number of ether oxygens (including phenoxy) is 4. The molecule has 0 saturated carbocycles. The second-order valence-electron chi connectivity index (χ2n) is 5.64. The van der Waals surface area contributed by atoms with Gasteiger partial charge in [0.2, 0.25) is 5.75 Å². The molecular formula is C20H23NO6. The number of carbonyl (C=O) groups excluding carboxylic acids is 2. The Morgan fingerprint density at radius 2 is 1.48 bits per heavy atom. The van der Waals surface area contributed by atoms with E-state index in [1.807, 2.05) is 30.3 Å². The van der Waals surface area contributed by atoms with Gasteiger partial charge in [-0.3, -0.25) is 9.59 Å². The zero-order valence-corrected chi connectivity index (χ0v) is 15.9. The molecule has 0 bridgehead atoms. The molecule has 0 spiro atoms. The van der Waals surface area contributed by atoms with Crippen molar-refractivity contribution >= 4 is 11.9 Å². The summed E-state index contributed by atoms with van der Waals surface area (Å²) >= 11 is 0. The standard InChI is InChI=1S/C20H23NO6/c1-24-16-10-15(11-17(25-2)19(16)27-4)20(23)21(13-18(22)26-3)12-14-8-6-5-7-9-14/h5-11H,12-13H2,1-4H3. The van der Waals surface area contributed by atoms with Gasteiger partial charge >= 0.3 is 5.97 Å². The molecule has 1 amide bonds. The fourth-order valence-corrected chi connectivity index (χ4v) is 2.61. The number of hydrogen-bond donors (Lipinski definition) is 0. The molecule has 0 N–H and O–H groups in total. The molecule has 0 heterocycles. The van der Waals surface area contributed by atoms with E-state index in [1.54, 1.807) is 12.1 Å². The summed E-state index contributed by atoms with van der Waals surface area (Å²) in [7, 11) is 5.72. The minimum absolute atomic E-state index is 0.180. The smallest absolute Gasteiger partial charge is 0.325 e. The van der Waals surface area contributed by atoms with Gasteiger partial charge in [0.25, 0.3) is 5.91 Å². The lowest BCUT2D eigenvalue weighted by atomic mass is 10.1. The fraction of sp³-hybridized carbons (Fsp3) is 0.300. The maximum absolute atomic E-state index is 13.1. The Morgan fingerprint density at radius 1 is 0.889 bits per heavy atom. The number of esters is 1. The first-order valence-electron chi connectivity index (χ1n) is 8.24. The third kappa shape index (κ3) is 4.91. The Balaban J connectivity index is 2.40. The molecule has 0 aliphatic heterocycles. The molecule has 27 heavy (non-hydrogen) atoms. The first-order chi connectivity index (χ1) is 13.0.